The summed E-state index contributed by atoms with van der Waals surface area (Å²) in [5, 5.41) is 113. The SMILES string of the molecule is C=C1Sc2c(N(C)C)nc(N)nc2N1[C@@H]1O[C@H](COC(=O)[C@@H](N)C(C)C)[C@@H](O)[C@H]1O.C=C1Sc2c(NC3CC3)nc(N)nc2N1[C@@H]1O[C@H](COC(=O)[C@@H](N)C(C)C)[C@@H](O)[C@H]1O.C=C1Sc2c(nc(N)[nH]c2=O)N1[C@@H]1O[C@H](COC(=O)[C@@H](N)C(C)(C)C)[C@@H](O)[C@H]1O.C=C1Sc2c(nc(N)[nH]c2=O)N1[C@@H]1O[C@H](COC(=O)[C@@H](N)C(C)C)[C@@H](O)[C@H]1O.C=C1Sc2c(nc(N)[nH]c2=O)N1[C@@H]1O[C@H](COC(=O)[C@@H](NC)C(C)C)[C@@H](O)[C@H]1O. The van der Waals surface area contributed by atoms with E-state index in [4.69, 9.17) is 99.0 Å². The normalized spacial score (nSPS) is 27.7. The van der Waals surface area contributed by atoms with Crippen LogP contribution in [0.15, 0.2) is 96.9 Å². The van der Waals surface area contributed by atoms with Crippen LogP contribution in [0.2, 0.25) is 0 Å². The van der Waals surface area contributed by atoms with Crippen LogP contribution in [0.5, 0.6) is 0 Å². The second kappa shape index (κ2) is 47.3. The highest BCUT2D eigenvalue weighted by atomic mass is 32.2. The lowest BCUT2D eigenvalue weighted by Crippen LogP contribution is -2.45. The van der Waals surface area contributed by atoms with Gasteiger partial charge in [-0.15, -0.1) is 0 Å². The Bertz CT molecular complexity index is 5800. The molecule has 0 bridgehead atoms. The number of likely N-dealkylation sites (N-methyl/N-ethyl adjacent to an activating group) is 1. The molecule has 11 aliphatic rings. The largest absolute Gasteiger partial charge is 0.462 e. The van der Waals surface area contributed by atoms with Gasteiger partial charge in [0, 0.05) is 20.1 Å². The Morgan fingerprint density at radius 2 is 0.660 bits per heavy atom. The van der Waals surface area contributed by atoms with E-state index in [2.05, 4.69) is 93.4 Å². The zero-order chi connectivity index (χ0) is 109. The molecule has 16 rings (SSSR count). The molecule has 147 heavy (non-hydrogen) atoms. The third kappa shape index (κ3) is 25.2. The summed E-state index contributed by atoms with van der Waals surface area (Å²) in [6, 6.07) is -3.38. The Labute approximate surface area is 863 Å². The number of rotatable bonds is 28. The van der Waals surface area contributed by atoms with Crippen molar-refractivity contribution >= 4 is 159 Å². The molecule has 1 saturated carbocycles. The summed E-state index contributed by atoms with van der Waals surface area (Å²) in [4.78, 5) is 144. The topological polar surface area (TPSA) is 846 Å². The first-order chi connectivity index (χ1) is 68.9. The Morgan fingerprint density at radius 3 is 0.925 bits per heavy atom. The number of H-pyrrole nitrogens is 3. The van der Waals surface area contributed by atoms with Gasteiger partial charge in [0.15, 0.2) is 60.2 Å². The highest BCUT2D eigenvalue weighted by Gasteiger charge is 2.57. The number of nitrogens with two attached hydrogens (primary N) is 9. The van der Waals surface area contributed by atoms with Crippen molar-refractivity contribution in [1.82, 2.24) is 55.2 Å². The van der Waals surface area contributed by atoms with Crippen LogP contribution in [-0.2, 0) is 71.3 Å². The Balaban J connectivity index is 0.000000163. The monoisotopic (exact) mass is 2160 g/mol. The van der Waals surface area contributed by atoms with Gasteiger partial charge in [-0.2, -0.15) is 34.9 Å². The van der Waals surface area contributed by atoms with Gasteiger partial charge in [-0.3, -0.25) is 77.8 Å². The fourth-order valence-corrected chi connectivity index (χ4v) is 20.5. The molecule has 0 amide bonds. The minimum absolute atomic E-state index is 0.0105. The highest BCUT2D eigenvalue weighted by Crippen LogP contribution is 2.55. The summed E-state index contributed by atoms with van der Waals surface area (Å²) < 4.78 is 54.9. The van der Waals surface area contributed by atoms with E-state index in [-0.39, 0.29) is 119 Å². The van der Waals surface area contributed by atoms with Crippen molar-refractivity contribution in [2.75, 3.05) is 118 Å². The van der Waals surface area contributed by atoms with E-state index in [9.17, 15) is 89.4 Å². The molecule has 810 valence electrons. The maximum atomic E-state index is 12.2. The smallest absolute Gasteiger partial charge is 0.323 e. The van der Waals surface area contributed by atoms with Crippen molar-refractivity contribution in [3.63, 3.8) is 0 Å². The third-order valence-corrected chi connectivity index (χ3v) is 29.6. The predicted octanol–water partition coefficient (Wildman–Crippen LogP) is -3.75. The van der Waals surface area contributed by atoms with Gasteiger partial charge in [-0.25, -0.2) is 0 Å². The van der Waals surface area contributed by atoms with Crippen molar-refractivity contribution in [2.45, 2.75) is 272 Å². The molecule has 0 unspecified atom stereocenters. The number of carbonyl (C=O) groups excluding carboxylic acids is 5. The molecule has 25 atom stereocenters. The van der Waals surface area contributed by atoms with Crippen LogP contribution >= 0.6 is 58.8 Å². The molecular weight excluding hydrogens is 2030 g/mol. The number of esters is 5. The zero-order valence-electron chi connectivity index (χ0n) is 82.7. The van der Waals surface area contributed by atoms with E-state index in [0.29, 0.717) is 59.4 Å². The van der Waals surface area contributed by atoms with Gasteiger partial charge in [0.1, 0.15) is 181 Å². The number of ether oxygens (including phenoxy) is 10. The first kappa shape index (κ1) is 115. The van der Waals surface area contributed by atoms with E-state index in [1.165, 1.54) is 38.2 Å². The molecule has 15 heterocycles. The molecule has 5 saturated heterocycles. The number of aromatic nitrogens is 10. The number of aliphatic hydroxyl groups is 10. The standard InChI is InChI=1S/C19H28N6O5S.C18H28N6O5S.2C17H25N5O6S.C16H23N5O6S/c1-7(2)11(20)18(28)29-6-10-12(26)13(27)17(30-10)25-8(3)31-14-15(22-9-4-5-9)23-19(21)24-16(14)25;1-7(2)10(19)17(27)28-6-9-11(25)12(26)16(29-9)24-8(3)30-13-14(23(4)5)21-18(20)22-15(13)24;1-6-22(12-10(29-6)13(25)21-16(19)20-12)14-9(24)8(23)7(28-14)5-27-15(26)11(18)17(2,3)4;1-6(2)9(19-4)16(26)27-5-8-10(23)11(24)15(28-8)22-7(3)29-12-13(22)20-17(18)21-14(12)25;1-5(2)8(17)15(25)26-4-7-9(22)10(23)14(27-7)21-6(3)28-11-12(21)19-16(18)20-13(11)24/h7,9-13,17,26-27H,3-6,20H2,1-2H3,(H3,21,22,23,24);7,9-12,16,25-26H,3,6,19H2,1-2,4-5H3,(H2,20,21,22);7-9,11,14,23-24H,1,5,18H2,2-4H3,(H3,19,20,21,25);6,8-11,15,19,23-24H,3,5H2,1-2,4H3,(H3,18,20,21,25);5,7-10,14,22-23H,3-4,17H2,1-2H3,(H3,18,19,20,24)/t10-,11+,12-,13-,17-;9-,10+,11-,12-,16-;7-,8-,9-,11-,14-;8-,9+,10-,11-,15-;7-,8+,9-,10-,14-/m11111/s1. The minimum Gasteiger partial charge on any atom is -0.462 e. The number of anilines is 12. The molecule has 5 aromatic rings. The van der Waals surface area contributed by atoms with Gasteiger partial charge in [-0.05, 0) is 49.0 Å². The van der Waals surface area contributed by atoms with Crippen LogP contribution in [0, 0.1) is 29.1 Å². The van der Waals surface area contributed by atoms with Crippen molar-refractivity contribution in [2.24, 2.45) is 52.0 Å². The number of nitrogens with one attached hydrogen (secondary N) is 5. The molecule has 6 fully saturated rings. The van der Waals surface area contributed by atoms with Gasteiger partial charge < -0.3 is 166 Å². The van der Waals surface area contributed by atoms with Crippen LogP contribution in [0.4, 0.5) is 70.5 Å². The molecule has 0 radical (unpaired) electrons. The summed E-state index contributed by atoms with van der Waals surface area (Å²) >= 11 is 5.80. The second-order valence-corrected chi connectivity index (χ2v) is 43.6. The van der Waals surface area contributed by atoms with Crippen LogP contribution in [0.25, 0.3) is 0 Å². The summed E-state index contributed by atoms with van der Waals surface area (Å²) in [6.45, 7) is 38.2. The maximum Gasteiger partial charge on any atom is 0.323 e. The number of hydrogen-bond acceptors (Lipinski definition) is 57. The molecule has 55 nitrogen and oxygen atoms in total. The molecule has 5 aromatic heterocycles. The van der Waals surface area contributed by atoms with Gasteiger partial charge in [0.25, 0.3) is 16.7 Å². The summed E-state index contributed by atoms with van der Waals surface area (Å²) in [7, 11) is 5.30. The molecule has 1 aliphatic carbocycles. The van der Waals surface area contributed by atoms with E-state index in [1.807, 2.05) is 27.9 Å². The second-order valence-electron chi connectivity index (χ2n) is 38.1. The number of nitrogen functional groups attached to an aromatic ring is 5. The van der Waals surface area contributed by atoms with Crippen molar-refractivity contribution in [1.29, 1.82) is 0 Å². The first-order valence-corrected chi connectivity index (χ1v) is 50.3. The third-order valence-electron chi connectivity index (χ3n) is 24.6. The summed E-state index contributed by atoms with van der Waals surface area (Å²) in [5.41, 5.74) is 50.0. The number of hydrogen-bond donors (Lipinski definition) is 24. The van der Waals surface area contributed by atoms with Crippen molar-refractivity contribution in [3.8, 4) is 0 Å². The van der Waals surface area contributed by atoms with Gasteiger partial charge in [0.2, 0.25) is 29.7 Å². The van der Waals surface area contributed by atoms with Crippen molar-refractivity contribution < 1.29 is 122 Å². The fourth-order valence-electron chi connectivity index (χ4n) is 15.7. The number of aliphatic hydroxyl groups excluding tert-OH is 10. The maximum absolute atomic E-state index is 12.2. The molecule has 0 spiro atoms. The summed E-state index contributed by atoms with van der Waals surface area (Å²) in [6.07, 6.45) is -21.2. The van der Waals surface area contributed by atoms with Crippen LogP contribution in [0.3, 0.4) is 0 Å². The molecule has 0 aromatic carbocycles. The lowest BCUT2D eigenvalue weighted by atomic mass is 9.87. The van der Waals surface area contributed by atoms with E-state index < -0.39 is 205 Å². The molecular formula is C87H129N27O28S5. The number of carbonyl (C=O) groups is 5. The van der Waals surface area contributed by atoms with E-state index in [1.54, 1.807) is 84.1 Å². The number of nitrogens with zero attached hydrogens (tertiary/aromatic N) is 13. The minimum atomic E-state index is -1.37. The number of fused-ring (bicyclic) bond motifs is 5. The molecule has 33 N–H and O–H groups in total. The molecule has 60 heteroatoms. The Kier molecular flexibility index (Phi) is 37.0. The average Bonchev–Trinajstić information content (AvgIpc) is 1.59. The summed E-state index contributed by atoms with van der Waals surface area (Å²) in [5.74, 6) is -0.796. The molecule has 10 aliphatic heterocycles. The van der Waals surface area contributed by atoms with Gasteiger partial charge in [0.05, 0.1) is 34.9 Å². The highest BCUT2D eigenvalue weighted by molar-refractivity contribution is 8.04. The van der Waals surface area contributed by atoms with Crippen molar-refractivity contribution in [3.05, 3.63) is 89.1 Å². The zero-order valence-corrected chi connectivity index (χ0v) is 86.8. The van der Waals surface area contributed by atoms with Crippen LogP contribution in [-0.4, -0.2) is 344 Å². The lowest BCUT2D eigenvalue weighted by molar-refractivity contribution is -0.154. The lowest BCUT2D eigenvalue weighted by Gasteiger charge is -2.28. The first-order valence-electron chi connectivity index (χ1n) is 46.3. The van der Waals surface area contributed by atoms with Crippen LogP contribution in [0.1, 0.15) is 89.0 Å². The Hall–Kier alpha value is -10.6. The van der Waals surface area contributed by atoms with Gasteiger partial charge >= 0.3 is 29.8 Å². The van der Waals surface area contributed by atoms with Crippen LogP contribution < -0.4 is 108 Å². The number of aromatic amines is 3. The van der Waals surface area contributed by atoms with Gasteiger partial charge in [-0.1, -0.05) is 168 Å². The van der Waals surface area contributed by atoms with E-state index in [0.717, 1.165) is 53.0 Å². The van der Waals surface area contributed by atoms with E-state index >= 15 is 0 Å². The fraction of sp³-hybridized carbons (Fsp3) is 0.598. The average molecular weight is 2160 g/mol. The Morgan fingerprint density at radius 1 is 0.401 bits per heavy atom. The predicted molar refractivity (Wildman–Crippen MR) is 541 cm³/mol. The quantitative estimate of drug-likeness (QED) is 0.0169. The number of thioether (sulfide) groups is 5.